The lowest BCUT2D eigenvalue weighted by atomic mass is 9.87. The van der Waals surface area contributed by atoms with Crippen molar-refractivity contribution < 1.29 is 5.02 Å². The molecule has 0 radical (unpaired) electrons. The summed E-state index contributed by atoms with van der Waals surface area (Å²) in [4.78, 5) is 0. The molecule has 0 bridgehead atoms. The molecule has 1 saturated carbocycles. The van der Waals surface area contributed by atoms with Crippen molar-refractivity contribution in [3.05, 3.63) is 0 Å². The minimum absolute atomic E-state index is 0.378. The van der Waals surface area contributed by atoms with E-state index >= 15 is 0 Å². The summed E-state index contributed by atoms with van der Waals surface area (Å²) >= 11 is 0. The topological polar surface area (TPSA) is 58.3 Å². The van der Waals surface area contributed by atoms with Crippen LogP contribution in [0.4, 0.5) is 0 Å². The Balaban J connectivity index is 2.19. The lowest BCUT2D eigenvalue weighted by molar-refractivity contribution is 0.500. The van der Waals surface area contributed by atoms with Gasteiger partial charge in [0, 0.05) is 0 Å². The minimum Gasteiger partial charge on any atom is -0.437 e. The number of nitrogens with two attached hydrogens (primary N) is 1. The summed E-state index contributed by atoms with van der Waals surface area (Å²) in [7, 11) is -0.378. The quantitative estimate of drug-likeness (QED) is 0.496. The van der Waals surface area contributed by atoms with Crippen molar-refractivity contribution in [2.75, 3.05) is 6.54 Å². The molecule has 11 heavy (non-hydrogen) atoms. The Morgan fingerprint density at radius 2 is 2.36 bits per heavy atom. The normalized spacial score (nSPS) is 30.8. The van der Waals surface area contributed by atoms with Crippen LogP contribution >= 0.6 is 0 Å². The van der Waals surface area contributed by atoms with Crippen molar-refractivity contribution in [2.45, 2.75) is 32.1 Å². The van der Waals surface area contributed by atoms with Crippen LogP contribution < -0.4 is 11.0 Å². The van der Waals surface area contributed by atoms with Crippen LogP contribution in [-0.2, 0) is 0 Å². The van der Waals surface area contributed by atoms with E-state index < -0.39 is 0 Å². The van der Waals surface area contributed by atoms with E-state index in [1.807, 2.05) is 0 Å². The summed E-state index contributed by atoms with van der Waals surface area (Å²) in [5, 5.41) is 12.1. The van der Waals surface area contributed by atoms with Crippen LogP contribution in [0.1, 0.15) is 19.3 Å². The van der Waals surface area contributed by atoms with Gasteiger partial charge >= 0.3 is 7.05 Å². The van der Waals surface area contributed by atoms with Gasteiger partial charge in [0.2, 0.25) is 0 Å². The average molecular weight is 156 g/mol. The summed E-state index contributed by atoms with van der Waals surface area (Å²) in [5.74, 6) is 0.672. The van der Waals surface area contributed by atoms with Crippen LogP contribution in [0, 0.1) is 5.92 Å². The highest BCUT2D eigenvalue weighted by Crippen LogP contribution is 2.24. The predicted molar refractivity (Wildman–Crippen MR) is 47.2 cm³/mol. The maximum atomic E-state index is 9.03. The number of hydrogen-bond donors (Lipinski definition) is 3. The van der Waals surface area contributed by atoms with Crippen molar-refractivity contribution in [3.63, 3.8) is 0 Å². The Morgan fingerprint density at radius 1 is 1.64 bits per heavy atom. The summed E-state index contributed by atoms with van der Waals surface area (Å²) in [6.45, 7) is 2.55. The maximum Gasteiger partial charge on any atom is 0.373 e. The first kappa shape index (κ1) is 9.04. The van der Waals surface area contributed by atoms with Crippen molar-refractivity contribution in [1.82, 2.24) is 5.23 Å². The molecule has 1 fully saturated rings. The van der Waals surface area contributed by atoms with Crippen molar-refractivity contribution in [3.8, 4) is 0 Å². The smallest absolute Gasteiger partial charge is 0.373 e. The van der Waals surface area contributed by atoms with E-state index in [1.165, 1.54) is 6.42 Å². The van der Waals surface area contributed by atoms with Gasteiger partial charge in [0.1, 0.15) is 0 Å². The van der Waals surface area contributed by atoms with Gasteiger partial charge in [0.25, 0.3) is 0 Å². The molecule has 0 heterocycles. The standard InChI is InChI=1S/C7H17BN2O/c1-8(11)10-7-3-2-6(4-7)5-9/h6-7,10-11H,2-5,9H2,1H3. The number of rotatable bonds is 3. The molecule has 1 rings (SSSR count). The molecule has 3 nitrogen and oxygen atoms in total. The summed E-state index contributed by atoms with van der Waals surface area (Å²) in [6, 6.07) is 0.489. The molecule has 0 aromatic rings. The fraction of sp³-hybridized carbons (Fsp3) is 1.00. The summed E-state index contributed by atoms with van der Waals surface area (Å²) in [6.07, 6.45) is 3.50. The van der Waals surface area contributed by atoms with Crippen LogP contribution in [0.2, 0.25) is 6.82 Å². The van der Waals surface area contributed by atoms with E-state index in [0.717, 1.165) is 19.4 Å². The Labute approximate surface area is 68.5 Å². The van der Waals surface area contributed by atoms with E-state index in [4.69, 9.17) is 10.8 Å². The zero-order chi connectivity index (χ0) is 8.27. The first-order valence-electron chi connectivity index (χ1n) is 4.36. The first-order chi connectivity index (χ1) is 5.22. The molecule has 0 aliphatic heterocycles. The molecule has 2 atom stereocenters. The van der Waals surface area contributed by atoms with Crippen LogP contribution in [0.3, 0.4) is 0 Å². The molecule has 0 spiro atoms. The van der Waals surface area contributed by atoms with Crippen LogP contribution in [0.15, 0.2) is 0 Å². The highest BCUT2D eigenvalue weighted by atomic mass is 16.2. The molecule has 4 heteroatoms. The number of hydrogen-bond acceptors (Lipinski definition) is 3. The average Bonchev–Trinajstić information content (AvgIpc) is 2.34. The molecule has 0 amide bonds. The van der Waals surface area contributed by atoms with Crippen LogP contribution in [-0.4, -0.2) is 24.7 Å². The van der Waals surface area contributed by atoms with Gasteiger partial charge < -0.3 is 16.0 Å². The van der Waals surface area contributed by atoms with Crippen LogP contribution in [0.5, 0.6) is 0 Å². The lowest BCUT2D eigenvalue weighted by Crippen LogP contribution is -2.38. The molecule has 0 saturated heterocycles. The van der Waals surface area contributed by atoms with Gasteiger partial charge in [-0.25, -0.2) is 0 Å². The Hall–Kier alpha value is -0.0551. The van der Waals surface area contributed by atoms with E-state index in [-0.39, 0.29) is 7.05 Å². The largest absolute Gasteiger partial charge is 0.437 e. The monoisotopic (exact) mass is 156 g/mol. The van der Waals surface area contributed by atoms with E-state index in [9.17, 15) is 0 Å². The maximum absolute atomic E-state index is 9.03. The Kier molecular flexibility index (Phi) is 3.36. The van der Waals surface area contributed by atoms with Crippen LogP contribution in [0.25, 0.3) is 0 Å². The fourth-order valence-corrected chi connectivity index (χ4v) is 1.78. The highest BCUT2D eigenvalue weighted by Gasteiger charge is 2.24. The predicted octanol–water partition coefficient (Wildman–Crippen LogP) is -0.186. The van der Waals surface area contributed by atoms with Gasteiger partial charge in [-0.1, -0.05) is 0 Å². The van der Waals surface area contributed by atoms with Gasteiger partial charge in [-0.05, 0) is 44.6 Å². The molecular weight excluding hydrogens is 139 g/mol. The molecule has 1 aliphatic carbocycles. The second kappa shape index (κ2) is 4.09. The zero-order valence-electron chi connectivity index (χ0n) is 7.09. The second-order valence-electron chi connectivity index (χ2n) is 3.45. The van der Waals surface area contributed by atoms with Crippen molar-refractivity contribution >= 4 is 7.05 Å². The zero-order valence-corrected chi connectivity index (χ0v) is 7.09. The second-order valence-corrected chi connectivity index (χ2v) is 3.45. The number of nitrogens with one attached hydrogen (secondary N) is 1. The molecule has 64 valence electrons. The third-order valence-corrected chi connectivity index (χ3v) is 2.35. The van der Waals surface area contributed by atoms with Gasteiger partial charge in [0.05, 0.1) is 0 Å². The molecule has 4 N–H and O–H groups in total. The summed E-state index contributed by atoms with van der Waals surface area (Å²) in [5.41, 5.74) is 5.54. The highest BCUT2D eigenvalue weighted by molar-refractivity contribution is 6.45. The van der Waals surface area contributed by atoms with Gasteiger partial charge in [-0.2, -0.15) is 0 Å². The lowest BCUT2D eigenvalue weighted by Gasteiger charge is -2.12. The van der Waals surface area contributed by atoms with E-state index in [2.05, 4.69) is 5.23 Å². The van der Waals surface area contributed by atoms with Crippen molar-refractivity contribution in [1.29, 1.82) is 0 Å². The summed E-state index contributed by atoms with van der Waals surface area (Å²) < 4.78 is 0. The molecule has 0 aromatic heterocycles. The fourth-order valence-electron chi connectivity index (χ4n) is 1.78. The molecular formula is C7H17BN2O. The van der Waals surface area contributed by atoms with Gasteiger partial charge in [-0.15, -0.1) is 0 Å². The van der Waals surface area contributed by atoms with E-state index in [1.54, 1.807) is 6.82 Å². The molecule has 0 aromatic carbocycles. The van der Waals surface area contributed by atoms with Gasteiger partial charge in [0.15, 0.2) is 0 Å². The van der Waals surface area contributed by atoms with E-state index in [0.29, 0.717) is 12.0 Å². The van der Waals surface area contributed by atoms with Gasteiger partial charge in [-0.3, -0.25) is 0 Å². The SMILES string of the molecule is CB(O)NC1CCC(CN)C1. The first-order valence-corrected chi connectivity index (χ1v) is 4.36. The minimum atomic E-state index is -0.378. The Morgan fingerprint density at radius 3 is 2.82 bits per heavy atom. The molecule has 2 unspecified atom stereocenters. The third-order valence-electron chi connectivity index (χ3n) is 2.35. The third kappa shape index (κ3) is 2.81. The Bertz CT molecular complexity index is 121. The molecule has 1 aliphatic rings. The van der Waals surface area contributed by atoms with Crippen molar-refractivity contribution in [2.24, 2.45) is 11.7 Å².